The first kappa shape index (κ1) is 22.6. The van der Waals surface area contributed by atoms with Gasteiger partial charge in [-0.2, -0.15) is 0 Å². The van der Waals surface area contributed by atoms with Crippen LogP contribution >= 0.6 is 0 Å². The van der Waals surface area contributed by atoms with Crippen molar-refractivity contribution in [3.8, 4) is 16.9 Å². The molecule has 1 amide bonds. The molecule has 1 aliphatic rings. The number of piperidine rings is 1. The number of carbonyl (C=O) groups excluding carboxylic acids is 1. The third-order valence-electron chi connectivity index (χ3n) is 6.17. The Balaban J connectivity index is 1.46. The minimum Gasteiger partial charge on any atom is -0.478 e. The first-order chi connectivity index (χ1) is 15.8. The van der Waals surface area contributed by atoms with Gasteiger partial charge in [0.2, 0.25) is 0 Å². The van der Waals surface area contributed by atoms with Crippen molar-refractivity contribution in [3.05, 3.63) is 90.0 Å². The molecule has 170 valence electrons. The van der Waals surface area contributed by atoms with Crippen LogP contribution in [0.4, 0.5) is 0 Å². The Morgan fingerprint density at radius 1 is 0.939 bits per heavy atom. The smallest absolute Gasteiger partial charge is 0.347 e. The Morgan fingerprint density at radius 2 is 1.64 bits per heavy atom. The summed E-state index contributed by atoms with van der Waals surface area (Å²) in [6, 6.07) is 25.5. The van der Waals surface area contributed by atoms with Crippen molar-refractivity contribution in [2.75, 3.05) is 13.1 Å². The molecule has 3 aromatic carbocycles. The average molecular weight is 444 g/mol. The molecule has 0 aliphatic carbocycles. The number of carboxylic acid groups (broad SMARTS) is 1. The van der Waals surface area contributed by atoms with Crippen LogP contribution in [-0.2, 0) is 4.79 Å². The topological polar surface area (TPSA) is 66.8 Å². The average Bonchev–Trinajstić information content (AvgIpc) is 2.84. The van der Waals surface area contributed by atoms with Crippen LogP contribution in [0.5, 0.6) is 5.75 Å². The summed E-state index contributed by atoms with van der Waals surface area (Å²) in [5, 5.41) is 9.34. The Morgan fingerprint density at radius 3 is 2.33 bits per heavy atom. The second-order valence-electron chi connectivity index (χ2n) is 9.02. The molecule has 1 N–H and O–H groups in total. The van der Waals surface area contributed by atoms with Crippen molar-refractivity contribution in [3.63, 3.8) is 0 Å². The summed E-state index contributed by atoms with van der Waals surface area (Å²) in [5.74, 6) is -0.262. The Kier molecular flexibility index (Phi) is 6.50. The van der Waals surface area contributed by atoms with Gasteiger partial charge in [0.1, 0.15) is 5.75 Å². The predicted molar refractivity (Wildman–Crippen MR) is 129 cm³/mol. The van der Waals surface area contributed by atoms with E-state index in [0.29, 0.717) is 17.9 Å². The maximum Gasteiger partial charge on any atom is 0.347 e. The van der Waals surface area contributed by atoms with Gasteiger partial charge in [-0.15, -0.1) is 0 Å². The zero-order valence-corrected chi connectivity index (χ0v) is 19.0. The monoisotopic (exact) mass is 443 g/mol. The molecule has 0 radical (unpaired) electrons. The number of carboxylic acids is 1. The summed E-state index contributed by atoms with van der Waals surface area (Å²) in [7, 11) is 0. The number of benzene rings is 3. The van der Waals surface area contributed by atoms with E-state index in [4.69, 9.17) is 4.74 Å². The number of hydrogen-bond acceptors (Lipinski definition) is 3. The molecule has 1 fully saturated rings. The number of aliphatic carboxylic acids is 1. The van der Waals surface area contributed by atoms with E-state index in [0.717, 1.165) is 36.1 Å². The normalized spacial score (nSPS) is 16.3. The number of amides is 1. The summed E-state index contributed by atoms with van der Waals surface area (Å²) < 4.78 is 5.71. The van der Waals surface area contributed by atoms with E-state index in [1.165, 1.54) is 13.8 Å². The van der Waals surface area contributed by atoms with Gasteiger partial charge in [0.15, 0.2) is 5.60 Å². The third kappa shape index (κ3) is 5.25. The molecule has 0 bridgehead atoms. The first-order valence-corrected chi connectivity index (χ1v) is 11.3. The van der Waals surface area contributed by atoms with Gasteiger partial charge in [0, 0.05) is 24.6 Å². The van der Waals surface area contributed by atoms with Crippen LogP contribution < -0.4 is 4.74 Å². The number of ether oxygens (including phenoxy) is 1. The molecule has 0 aromatic heterocycles. The second kappa shape index (κ2) is 9.49. The minimum atomic E-state index is -1.31. The van der Waals surface area contributed by atoms with Gasteiger partial charge in [-0.05, 0) is 67.6 Å². The van der Waals surface area contributed by atoms with Crippen molar-refractivity contribution >= 4 is 11.9 Å². The molecule has 0 saturated carbocycles. The van der Waals surface area contributed by atoms with E-state index >= 15 is 0 Å². The first-order valence-electron chi connectivity index (χ1n) is 11.3. The van der Waals surface area contributed by atoms with E-state index < -0.39 is 11.6 Å². The van der Waals surface area contributed by atoms with Crippen molar-refractivity contribution in [2.45, 2.75) is 38.2 Å². The molecule has 1 atom stereocenters. The summed E-state index contributed by atoms with van der Waals surface area (Å²) in [6.07, 6.45) is 1.90. The molecule has 1 saturated heterocycles. The predicted octanol–water partition coefficient (Wildman–Crippen LogP) is 5.62. The summed E-state index contributed by atoms with van der Waals surface area (Å²) in [5.41, 5.74) is 2.66. The van der Waals surface area contributed by atoms with Crippen molar-refractivity contribution in [2.24, 2.45) is 0 Å². The highest BCUT2D eigenvalue weighted by atomic mass is 16.5. The van der Waals surface area contributed by atoms with Crippen LogP contribution in [0.2, 0.25) is 0 Å². The fourth-order valence-electron chi connectivity index (χ4n) is 4.22. The lowest BCUT2D eigenvalue weighted by Gasteiger charge is -2.33. The second-order valence-corrected chi connectivity index (χ2v) is 9.02. The van der Waals surface area contributed by atoms with Gasteiger partial charge in [0.25, 0.3) is 5.91 Å². The van der Waals surface area contributed by atoms with E-state index in [1.807, 2.05) is 65.6 Å². The summed E-state index contributed by atoms with van der Waals surface area (Å²) >= 11 is 0. The fourth-order valence-corrected chi connectivity index (χ4v) is 4.22. The number of carbonyl (C=O) groups is 2. The molecule has 4 rings (SSSR count). The van der Waals surface area contributed by atoms with Crippen LogP contribution in [0.3, 0.4) is 0 Å². The maximum absolute atomic E-state index is 13.2. The Hall–Kier alpha value is -3.60. The number of nitrogens with zero attached hydrogens (tertiary/aromatic N) is 1. The largest absolute Gasteiger partial charge is 0.478 e. The SMILES string of the molecule is CC(C)(Oc1cccc(C2CCCN(C(=O)c3ccc(-c4ccccc4)cc3)C2)c1)C(=O)O. The molecular weight excluding hydrogens is 414 g/mol. The van der Waals surface area contributed by atoms with Gasteiger partial charge in [-0.1, -0.05) is 54.6 Å². The van der Waals surface area contributed by atoms with Crippen LogP contribution in [0.1, 0.15) is 48.5 Å². The number of rotatable bonds is 6. The van der Waals surface area contributed by atoms with Crippen LogP contribution in [0.15, 0.2) is 78.9 Å². The molecule has 1 unspecified atom stereocenters. The molecule has 5 heteroatoms. The summed E-state index contributed by atoms with van der Waals surface area (Å²) in [6.45, 7) is 4.43. The minimum absolute atomic E-state index is 0.0405. The highest BCUT2D eigenvalue weighted by molar-refractivity contribution is 5.94. The van der Waals surface area contributed by atoms with Gasteiger partial charge < -0.3 is 14.7 Å². The molecule has 3 aromatic rings. The van der Waals surface area contributed by atoms with Gasteiger partial charge in [-0.3, -0.25) is 4.79 Å². The van der Waals surface area contributed by atoms with E-state index in [1.54, 1.807) is 6.07 Å². The van der Waals surface area contributed by atoms with Gasteiger partial charge in [0.05, 0.1) is 0 Å². The van der Waals surface area contributed by atoms with Gasteiger partial charge >= 0.3 is 5.97 Å². The number of hydrogen-bond donors (Lipinski definition) is 1. The van der Waals surface area contributed by atoms with Gasteiger partial charge in [-0.25, -0.2) is 4.79 Å². The molecular formula is C28H29NO4. The van der Waals surface area contributed by atoms with E-state index in [9.17, 15) is 14.7 Å². The fraction of sp³-hybridized carbons (Fsp3) is 0.286. The number of likely N-dealkylation sites (tertiary alicyclic amines) is 1. The van der Waals surface area contributed by atoms with E-state index in [2.05, 4.69) is 12.1 Å². The molecule has 5 nitrogen and oxygen atoms in total. The highest BCUT2D eigenvalue weighted by Gasteiger charge is 2.30. The highest BCUT2D eigenvalue weighted by Crippen LogP contribution is 2.31. The standard InChI is InChI=1S/C28H29NO4/c1-28(2,27(31)32)33-25-12-6-10-23(18-25)24-11-7-17-29(19-24)26(30)22-15-13-21(14-16-22)20-8-4-3-5-9-20/h3-6,8-10,12-16,18,24H,7,11,17,19H2,1-2H3,(H,31,32). The zero-order valence-electron chi connectivity index (χ0n) is 19.0. The lowest BCUT2D eigenvalue weighted by Crippen LogP contribution is -2.39. The van der Waals surface area contributed by atoms with Crippen LogP contribution in [0.25, 0.3) is 11.1 Å². The summed E-state index contributed by atoms with van der Waals surface area (Å²) in [4.78, 5) is 26.5. The molecule has 33 heavy (non-hydrogen) atoms. The van der Waals surface area contributed by atoms with Crippen LogP contribution in [0, 0.1) is 0 Å². The molecule has 1 heterocycles. The lowest BCUT2D eigenvalue weighted by molar-refractivity contribution is -0.152. The Labute approximate surface area is 194 Å². The molecule has 0 spiro atoms. The third-order valence-corrected chi connectivity index (χ3v) is 6.17. The lowest BCUT2D eigenvalue weighted by atomic mass is 9.90. The Bertz CT molecular complexity index is 1120. The van der Waals surface area contributed by atoms with Crippen LogP contribution in [-0.4, -0.2) is 40.6 Å². The quantitative estimate of drug-likeness (QED) is 0.537. The maximum atomic E-state index is 13.2. The molecule has 1 aliphatic heterocycles. The van der Waals surface area contributed by atoms with Crippen molar-refractivity contribution < 1.29 is 19.4 Å². The zero-order chi connectivity index (χ0) is 23.4. The van der Waals surface area contributed by atoms with E-state index in [-0.39, 0.29) is 11.8 Å². The van der Waals surface area contributed by atoms with Crippen molar-refractivity contribution in [1.82, 2.24) is 4.90 Å². The van der Waals surface area contributed by atoms with Crippen molar-refractivity contribution in [1.29, 1.82) is 0 Å².